The molecular formula is C45H45F6N11O6. The summed E-state index contributed by atoms with van der Waals surface area (Å²) in [6, 6.07) is 10.5. The Morgan fingerprint density at radius 3 is 2.28 bits per heavy atom. The van der Waals surface area contributed by atoms with Gasteiger partial charge in [-0.3, -0.25) is 33.8 Å². The fourth-order valence-corrected chi connectivity index (χ4v) is 8.56. The third-order valence-electron chi connectivity index (χ3n) is 12.3. The Morgan fingerprint density at radius 2 is 1.59 bits per heavy atom. The van der Waals surface area contributed by atoms with Crippen molar-refractivity contribution in [3.05, 3.63) is 96.0 Å². The molecule has 2 saturated heterocycles. The van der Waals surface area contributed by atoms with Crippen molar-refractivity contribution in [2.75, 3.05) is 55.6 Å². The lowest BCUT2D eigenvalue weighted by Gasteiger charge is -2.34. The number of fused-ring (bicyclic) bond motifs is 2. The number of piperazine rings is 1. The molecule has 17 nitrogen and oxygen atoms in total. The average molecular weight is 950 g/mol. The van der Waals surface area contributed by atoms with Gasteiger partial charge in [0.15, 0.2) is 17.4 Å². The minimum atomic E-state index is -5.08. The van der Waals surface area contributed by atoms with Gasteiger partial charge in [-0.15, -0.1) is 0 Å². The number of hydrogen-bond acceptors (Lipinski definition) is 11. The van der Waals surface area contributed by atoms with Gasteiger partial charge in [0.05, 0.1) is 23.3 Å². The topological polar surface area (TPSA) is 203 Å². The zero-order valence-electron chi connectivity index (χ0n) is 36.2. The van der Waals surface area contributed by atoms with Gasteiger partial charge < -0.3 is 20.4 Å². The number of phenolic OH excluding ortho intramolecular Hbond substituents is 1. The number of nitrogens with zero attached hydrogens (tertiary/aromatic N) is 9. The number of carboxylic acids is 1. The quantitative estimate of drug-likeness (QED) is 0.0840. The van der Waals surface area contributed by atoms with E-state index in [0.29, 0.717) is 24.4 Å². The van der Waals surface area contributed by atoms with Crippen LogP contribution in [0.3, 0.4) is 0 Å². The van der Waals surface area contributed by atoms with Gasteiger partial charge in [0.1, 0.15) is 11.5 Å². The molecule has 0 unspecified atom stereocenters. The second-order valence-electron chi connectivity index (χ2n) is 16.8. The van der Waals surface area contributed by atoms with Crippen LogP contribution in [0.1, 0.15) is 60.5 Å². The summed E-state index contributed by atoms with van der Waals surface area (Å²) < 4.78 is 77.2. The largest absolute Gasteiger partial charge is 0.503 e. The number of carbonyl (C=O) groups is 4. The molecule has 4 N–H and O–H groups in total. The number of hydrogen-bond donors (Lipinski definition) is 4. The van der Waals surface area contributed by atoms with Crippen LogP contribution in [0.25, 0.3) is 27.7 Å². The molecule has 0 radical (unpaired) electrons. The first kappa shape index (κ1) is 47.2. The van der Waals surface area contributed by atoms with E-state index < -0.39 is 52.8 Å². The Hall–Kier alpha value is -7.30. The maximum Gasteiger partial charge on any atom is 0.490 e. The van der Waals surface area contributed by atoms with E-state index in [-0.39, 0.29) is 30.8 Å². The van der Waals surface area contributed by atoms with Crippen LogP contribution in [0.5, 0.6) is 5.75 Å². The van der Waals surface area contributed by atoms with Crippen molar-refractivity contribution in [2.45, 2.75) is 57.2 Å². The lowest BCUT2D eigenvalue weighted by molar-refractivity contribution is -0.192. The number of imide groups is 1. The molecule has 2 aliphatic heterocycles. The highest BCUT2D eigenvalue weighted by molar-refractivity contribution is 6.05. The van der Waals surface area contributed by atoms with Gasteiger partial charge in [0.2, 0.25) is 17.7 Å². The van der Waals surface area contributed by atoms with Crippen LogP contribution >= 0.6 is 0 Å². The summed E-state index contributed by atoms with van der Waals surface area (Å²) in [7, 11) is 0. The second kappa shape index (κ2) is 19.9. The van der Waals surface area contributed by atoms with E-state index in [2.05, 4.69) is 37.6 Å². The number of anilines is 2. The number of nitrogens with one attached hydrogen (secondary N) is 2. The molecule has 2 aromatic carbocycles. The van der Waals surface area contributed by atoms with Crippen LogP contribution in [0.4, 0.5) is 42.9 Å². The van der Waals surface area contributed by atoms with E-state index in [1.165, 1.54) is 5.56 Å². The van der Waals surface area contributed by atoms with Crippen molar-refractivity contribution in [1.29, 1.82) is 0 Å². The Kier molecular flexibility index (Phi) is 13.8. The van der Waals surface area contributed by atoms with Crippen LogP contribution in [-0.2, 0) is 16.0 Å². The number of pyridine rings is 1. The Bertz CT molecular complexity index is 2840. The third-order valence-corrected chi connectivity index (χ3v) is 12.3. The highest BCUT2D eigenvalue weighted by atomic mass is 19.4. The maximum absolute atomic E-state index is 14.1. The molecule has 4 aromatic heterocycles. The number of aromatic hydroxyl groups is 1. The summed E-state index contributed by atoms with van der Waals surface area (Å²) in [5.41, 5.74) is 3.90. The molecule has 6 heterocycles. The van der Waals surface area contributed by atoms with Crippen LogP contribution in [-0.4, -0.2) is 120 Å². The van der Waals surface area contributed by atoms with E-state index in [0.717, 1.165) is 98.9 Å². The summed E-state index contributed by atoms with van der Waals surface area (Å²) in [4.78, 5) is 65.4. The molecule has 23 heteroatoms. The molecule has 0 atom stereocenters. The van der Waals surface area contributed by atoms with Gasteiger partial charge in [-0.05, 0) is 86.4 Å². The van der Waals surface area contributed by atoms with Crippen molar-refractivity contribution in [3.8, 4) is 16.9 Å². The number of aromatic nitrogens is 6. The normalized spacial score (nSPS) is 18.1. The second-order valence-corrected chi connectivity index (χ2v) is 16.8. The molecule has 3 aliphatic rings. The van der Waals surface area contributed by atoms with E-state index in [1.807, 2.05) is 52.1 Å². The molecule has 4 amide bonds. The molecule has 9 rings (SSSR count). The van der Waals surface area contributed by atoms with Gasteiger partial charge in [-0.1, -0.05) is 12.1 Å². The summed E-state index contributed by atoms with van der Waals surface area (Å²) in [6.45, 7) is 5.04. The Labute approximate surface area is 383 Å². The summed E-state index contributed by atoms with van der Waals surface area (Å²) in [5.74, 6) is -8.69. The van der Waals surface area contributed by atoms with E-state index >= 15 is 0 Å². The lowest BCUT2D eigenvalue weighted by atomic mass is 9.86. The number of halogens is 6. The van der Waals surface area contributed by atoms with Crippen molar-refractivity contribution in [2.24, 2.45) is 5.92 Å². The molecule has 3 fully saturated rings. The highest BCUT2D eigenvalue weighted by Gasteiger charge is 2.38. The van der Waals surface area contributed by atoms with Crippen molar-refractivity contribution in [1.82, 2.24) is 44.7 Å². The minimum absolute atomic E-state index is 0.116. The highest BCUT2D eigenvalue weighted by Crippen LogP contribution is 2.34. The van der Waals surface area contributed by atoms with E-state index in [9.17, 15) is 45.8 Å². The number of rotatable bonds is 11. The first-order chi connectivity index (χ1) is 32.5. The Morgan fingerprint density at radius 1 is 0.868 bits per heavy atom. The zero-order chi connectivity index (χ0) is 48.3. The summed E-state index contributed by atoms with van der Waals surface area (Å²) >= 11 is 0. The maximum atomic E-state index is 14.1. The predicted octanol–water partition coefficient (Wildman–Crippen LogP) is 6.26. The predicted molar refractivity (Wildman–Crippen MR) is 233 cm³/mol. The first-order valence-electron chi connectivity index (χ1n) is 21.8. The van der Waals surface area contributed by atoms with Gasteiger partial charge in [0, 0.05) is 81.4 Å². The number of phenols is 1. The SMILES string of the molecule is O=C(O)C(F)(F)F.O=C1CCN(c2cnc3cc(CCCN4CCN(c5ncc(-c6ccc7cn(C8CCC(CNC(=O)c9cc(F)c(O)c(F)c9F)CC8)nc7c6)cn5)CC4)ccn23)C(=O)N1. The van der Waals surface area contributed by atoms with Gasteiger partial charge in [-0.25, -0.2) is 33.3 Å². The number of aliphatic carboxylic acids is 1. The lowest BCUT2D eigenvalue weighted by Crippen LogP contribution is -2.50. The molecule has 0 bridgehead atoms. The smallest absolute Gasteiger partial charge is 0.490 e. The van der Waals surface area contributed by atoms with Crippen LogP contribution in [0, 0.1) is 23.4 Å². The monoisotopic (exact) mass is 949 g/mol. The van der Waals surface area contributed by atoms with Crippen LogP contribution in [0.15, 0.2) is 67.4 Å². The molecular weight excluding hydrogens is 905 g/mol. The van der Waals surface area contributed by atoms with E-state index in [4.69, 9.17) is 25.0 Å². The average Bonchev–Trinajstić information content (AvgIpc) is 3.96. The Balaban J connectivity index is 0.000000830. The number of carboxylic acid groups (broad SMARTS) is 1. The molecule has 1 aliphatic carbocycles. The molecule has 0 spiro atoms. The van der Waals surface area contributed by atoms with Crippen molar-refractivity contribution in [3.63, 3.8) is 0 Å². The van der Waals surface area contributed by atoms with Gasteiger partial charge in [-0.2, -0.15) is 22.7 Å². The standard InChI is InChI=1S/C43H44F3N11O4.C2HF3O2/c44-33-20-32(38(45)39(46)40(33)59)41(60)48-21-27-3-7-31(8-4-27)57-25-29-6-5-28(19-34(29)52-57)30-22-49-42(50-23-30)54-16-14-53(15-17-54)11-1-2-26-9-12-55-35(18-26)47-24-37(55)56-13-10-36(58)51-43(56)61;3-2(4,5)1(6)7/h5-6,9,12,18-20,22-25,27,31,59H,1-4,7-8,10-11,13-17,21H2,(H,48,60)(H,51,58,61);(H,6,7). The molecule has 358 valence electrons. The fourth-order valence-electron chi connectivity index (χ4n) is 8.56. The molecule has 6 aromatic rings. The summed E-state index contributed by atoms with van der Waals surface area (Å²) in [5, 5.41) is 27.2. The molecule has 1 saturated carbocycles. The number of aryl methyl sites for hydroxylation is 1. The van der Waals surface area contributed by atoms with Gasteiger partial charge in [0.25, 0.3) is 5.91 Å². The number of alkyl halides is 3. The summed E-state index contributed by atoms with van der Waals surface area (Å²) in [6.07, 6.45) is 9.66. The number of urea groups is 1. The number of benzene rings is 2. The van der Waals surface area contributed by atoms with Crippen molar-refractivity contribution >= 4 is 52.1 Å². The van der Waals surface area contributed by atoms with Gasteiger partial charge >= 0.3 is 18.2 Å². The fraction of sp³-hybridized carbons (Fsp3) is 0.378. The number of amides is 4. The van der Waals surface area contributed by atoms with E-state index in [1.54, 1.807) is 11.1 Å². The third kappa shape index (κ3) is 10.6. The number of imidazole rings is 1. The minimum Gasteiger partial charge on any atom is -0.503 e. The molecule has 68 heavy (non-hydrogen) atoms. The van der Waals surface area contributed by atoms with Crippen LogP contribution < -0.4 is 20.4 Å². The van der Waals surface area contributed by atoms with Crippen molar-refractivity contribution < 1.29 is 55.7 Å². The number of carbonyl (C=O) groups excluding carboxylic acids is 3. The zero-order valence-corrected chi connectivity index (χ0v) is 36.2. The van der Waals surface area contributed by atoms with Crippen LogP contribution in [0.2, 0.25) is 0 Å². The first-order valence-corrected chi connectivity index (χ1v) is 21.8.